The van der Waals surface area contributed by atoms with Crippen molar-refractivity contribution < 1.29 is 4.79 Å². The van der Waals surface area contributed by atoms with Crippen LogP contribution in [0.4, 0.5) is 0 Å². The zero-order valence-electron chi connectivity index (χ0n) is 12.9. The van der Waals surface area contributed by atoms with E-state index >= 15 is 0 Å². The molecule has 0 aliphatic heterocycles. The maximum Gasteiger partial charge on any atom is 0.252 e. The molecular weight excluding hydrogens is 288 g/mol. The lowest BCUT2D eigenvalue weighted by molar-refractivity contribution is 0.0952. The Morgan fingerprint density at radius 3 is 2.48 bits per heavy atom. The molecule has 3 aromatic rings. The van der Waals surface area contributed by atoms with Crippen LogP contribution in [-0.4, -0.2) is 10.9 Å². The first kappa shape index (κ1) is 15.0. The first-order valence-electron chi connectivity index (χ1n) is 7.65. The summed E-state index contributed by atoms with van der Waals surface area (Å²) in [5, 5.41) is 3.62. The zero-order chi connectivity index (χ0) is 16.2. The summed E-state index contributed by atoms with van der Waals surface area (Å²) in [7, 11) is 0. The molecule has 0 unspecified atom stereocenters. The number of carbonyl (C=O) groups is 1. The van der Waals surface area contributed by atoms with Gasteiger partial charge in [-0.15, -0.1) is 0 Å². The topological polar surface area (TPSA) is 62.0 Å². The maximum atomic E-state index is 12.4. The first-order chi connectivity index (χ1) is 11.2. The van der Waals surface area contributed by atoms with Crippen LogP contribution >= 0.6 is 0 Å². The predicted octanol–water partition coefficient (Wildman–Crippen LogP) is 3.02. The molecule has 0 atom stereocenters. The predicted molar refractivity (Wildman–Crippen MR) is 91.6 cm³/mol. The van der Waals surface area contributed by atoms with Gasteiger partial charge in [-0.05, 0) is 23.6 Å². The Morgan fingerprint density at radius 1 is 1.04 bits per heavy atom. The summed E-state index contributed by atoms with van der Waals surface area (Å²) in [6.45, 7) is 2.54. The van der Waals surface area contributed by atoms with Crippen LogP contribution in [-0.2, 0) is 13.0 Å². The van der Waals surface area contributed by atoms with Gasteiger partial charge in [0.05, 0.1) is 5.56 Å². The lowest BCUT2D eigenvalue weighted by Gasteiger charge is -2.08. The summed E-state index contributed by atoms with van der Waals surface area (Å²) in [5.41, 5.74) is 3.08. The molecule has 1 aromatic heterocycles. The second kappa shape index (κ2) is 6.48. The number of aryl methyl sites for hydroxylation is 1. The molecule has 0 aliphatic rings. The third-order valence-corrected chi connectivity index (χ3v) is 3.88. The van der Waals surface area contributed by atoms with Crippen molar-refractivity contribution in [2.45, 2.75) is 19.9 Å². The number of para-hydroxylation sites is 1. The lowest BCUT2D eigenvalue weighted by Crippen LogP contribution is -2.24. The normalized spacial score (nSPS) is 10.7. The minimum Gasteiger partial charge on any atom is -0.348 e. The molecule has 1 amide bonds. The smallest absolute Gasteiger partial charge is 0.252 e. The summed E-state index contributed by atoms with van der Waals surface area (Å²) in [6, 6.07) is 16.8. The van der Waals surface area contributed by atoms with Crippen molar-refractivity contribution in [2.75, 3.05) is 0 Å². The summed E-state index contributed by atoms with van der Waals surface area (Å²) in [4.78, 5) is 26.9. The number of amides is 1. The molecule has 23 heavy (non-hydrogen) atoms. The lowest BCUT2D eigenvalue weighted by atomic mass is 10.1. The highest BCUT2D eigenvalue weighted by molar-refractivity contribution is 6.05. The van der Waals surface area contributed by atoms with E-state index in [0.717, 1.165) is 17.4 Å². The van der Waals surface area contributed by atoms with Crippen molar-refractivity contribution in [3.8, 4) is 0 Å². The fourth-order valence-corrected chi connectivity index (χ4v) is 2.56. The van der Waals surface area contributed by atoms with Crippen molar-refractivity contribution in [2.24, 2.45) is 0 Å². The second-order valence-corrected chi connectivity index (χ2v) is 5.45. The molecule has 2 N–H and O–H groups in total. The van der Waals surface area contributed by atoms with Gasteiger partial charge in [0, 0.05) is 23.5 Å². The quantitative estimate of drug-likeness (QED) is 0.778. The van der Waals surface area contributed by atoms with E-state index in [1.165, 1.54) is 11.6 Å². The van der Waals surface area contributed by atoms with Gasteiger partial charge in [-0.1, -0.05) is 49.4 Å². The molecule has 0 bridgehead atoms. The molecule has 2 aromatic carbocycles. The highest BCUT2D eigenvalue weighted by Gasteiger charge is 2.11. The van der Waals surface area contributed by atoms with Gasteiger partial charge in [0.2, 0.25) is 5.56 Å². The third kappa shape index (κ3) is 3.31. The average Bonchev–Trinajstić information content (AvgIpc) is 2.59. The average molecular weight is 306 g/mol. The number of rotatable bonds is 4. The van der Waals surface area contributed by atoms with Gasteiger partial charge < -0.3 is 10.3 Å². The Kier molecular flexibility index (Phi) is 4.24. The van der Waals surface area contributed by atoms with Crippen molar-refractivity contribution in [3.63, 3.8) is 0 Å². The van der Waals surface area contributed by atoms with Crippen molar-refractivity contribution in [1.82, 2.24) is 10.3 Å². The van der Waals surface area contributed by atoms with Crippen molar-refractivity contribution >= 4 is 16.8 Å². The third-order valence-electron chi connectivity index (χ3n) is 3.88. The molecule has 0 spiro atoms. The standard InChI is InChI=1S/C19H18N2O2/c1-2-13-7-9-14(10-8-13)12-20-19(23)16-11-18(22)21-17-6-4-3-5-15(16)17/h3-11H,2,12H2,1H3,(H,20,23)(H,21,22). The van der Waals surface area contributed by atoms with E-state index in [-0.39, 0.29) is 11.5 Å². The number of nitrogens with one attached hydrogen (secondary N) is 2. The van der Waals surface area contributed by atoms with E-state index in [1.807, 2.05) is 30.3 Å². The molecule has 116 valence electrons. The van der Waals surface area contributed by atoms with Gasteiger partial charge in [-0.2, -0.15) is 0 Å². The van der Waals surface area contributed by atoms with Crippen LogP contribution in [0, 0.1) is 0 Å². The largest absolute Gasteiger partial charge is 0.348 e. The number of hydrogen-bond donors (Lipinski definition) is 2. The SMILES string of the molecule is CCc1ccc(CNC(=O)c2cc(=O)[nH]c3ccccc23)cc1. The van der Waals surface area contributed by atoms with Crippen LogP contribution in [0.3, 0.4) is 0 Å². The van der Waals surface area contributed by atoms with Crippen LogP contribution in [0.1, 0.15) is 28.4 Å². The molecule has 4 heteroatoms. The van der Waals surface area contributed by atoms with Crippen molar-refractivity contribution in [1.29, 1.82) is 0 Å². The van der Waals surface area contributed by atoms with Gasteiger partial charge in [0.1, 0.15) is 0 Å². The number of H-pyrrole nitrogens is 1. The number of pyridine rings is 1. The van der Waals surface area contributed by atoms with Gasteiger partial charge >= 0.3 is 0 Å². The number of carbonyl (C=O) groups excluding carboxylic acids is 1. The minimum atomic E-state index is -0.277. The van der Waals surface area contributed by atoms with Crippen LogP contribution in [0.25, 0.3) is 10.9 Å². The second-order valence-electron chi connectivity index (χ2n) is 5.45. The number of aromatic nitrogens is 1. The van der Waals surface area contributed by atoms with Gasteiger partial charge in [-0.3, -0.25) is 9.59 Å². The van der Waals surface area contributed by atoms with E-state index in [1.54, 1.807) is 6.07 Å². The van der Waals surface area contributed by atoms with E-state index in [2.05, 4.69) is 29.4 Å². The number of fused-ring (bicyclic) bond motifs is 1. The molecule has 3 rings (SSSR count). The molecular formula is C19H18N2O2. The van der Waals surface area contributed by atoms with Crippen molar-refractivity contribution in [3.05, 3.63) is 81.6 Å². The summed E-state index contributed by atoms with van der Waals surface area (Å²) < 4.78 is 0. The Labute approximate surface area is 134 Å². The number of hydrogen-bond acceptors (Lipinski definition) is 2. The Balaban J connectivity index is 1.81. The summed E-state index contributed by atoms with van der Waals surface area (Å²) in [6.07, 6.45) is 0.991. The van der Waals surface area contributed by atoms with E-state index in [9.17, 15) is 9.59 Å². The highest BCUT2D eigenvalue weighted by atomic mass is 16.2. The Hall–Kier alpha value is -2.88. The summed E-state index contributed by atoms with van der Waals surface area (Å²) >= 11 is 0. The molecule has 0 radical (unpaired) electrons. The number of aromatic amines is 1. The zero-order valence-corrected chi connectivity index (χ0v) is 12.9. The molecule has 1 heterocycles. The highest BCUT2D eigenvalue weighted by Crippen LogP contribution is 2.14. The maximum absolute atomic E-state index is 12.4. The van der Waals surface area contributed by atoms with Crippen LogP contribution < -0.4 is 10.9 Å². The van der Waals surface area contributed by atoms with E-state index < -0.39 is 0 Å². The fourth-order valence-electron chi connectivity index (χ4n) is 2.56. The Morgan fingerprint density at radius 2 is 1.74 bits per heavy atom. The molecule has 0 saturated heterocycles. The van der Waals surface area contributed by atoms with Gasteiger partial charge in [-0.25, -0.2) is 0 Å². The Bertz CT molecular complexity index is 895. The molecule has 0 fully saturated rings. The van der Waals surface area contributed by atoms with Crippen LogP contribution in [0.15, 0.2) is 59.4 Å². The molecule has 0 saturated carbocycles. The number of benzene rings is 2. The molecule has 4 nitrogen and oxygen atoms in total. The first-order valence-corrected chi connectivity index (χ1v) is 7.65. The summed E-state index contributed by atoms with van der Waals surface area (Å²) in [5.74, 6) is -0.244. The van der Waals surface area contributed by atoms with Gasteiger partial charge in [0.25, 0.3) is 5.91 Å². The van der Waals surface area contributed by atoms with Gasteiger partial charge in [0.15, 0.2) is 0 Å². The van der Waals surface area contributed by atoms with Crippen LogP contribution in [0.5, 0.6) is 0 Å². The monoisotopic (exact) mass is 306 g/mol. The van der Waals surface area contributed by atoms with E-state index in [0.29, 0.717) is 17.6 Å². The minimum absolute atomic E-state index is 0.244. The molecule has 0 aliphatic carbocycles. The van der Waals surface area contributed by atoms with Crippen LogP contribution in [0.2, 0.25) is 0 Å². The fraction of sp³-hybridized carbons (Fsp3) is 0.158. The van der Waals surface area contributed by atoms with E-state index in [4.69, 9.17) is 0 Å².